The number of hydrogen-bond donors (Lipinski definition) is 0. The Morgan fingerprint density at radius 2 is 1.88 bits per heavy atom. The molecule has 1 unspecified atom stereocenters. The van der Waals surface area contributed by atoms with E-state index in [2.05, 4.69) is 36.7 Å². The van der Waals surface area contributed by atoms with Gasteiger partial charge in [-0.15, -0.1) is 10.2 Å². The lowest BCUT2D eigenvalue weighted by Gasteiger charge is -2.34. The number of nitrogens with zero attached hydrogens (tertiary/aromatic N) is 6. The first kappa shape index (κ1) is 14.6. The minimum absolute atomic E-state index is 0.204. The number of hydrogen-bond acceptors (Lipinski definition) is 6. The fourth-order valence-corrected chi connectivity index (χ4v) is 4.10. The lowest BCUT2D eigenvalue weighted by atomic mass is 9.95. The largest absolute Gasteiger partial charge is 0.338 e. The van der Waals surface area contributed by atoms with Crippen LogP contribution in [0.25, 0.3) is 0 Å². The third-order valence-corrected chi connectivity index (χ3v) is 5.84. The molecule has 0 aromatic carbocycles. The Bertz CT molecular complexity index is 725. The van der Waals surface area contributed by atoms with Gasteiger partial charge >= 0.3 is 0 Å². The van der Waals surface area contributed by atoms with Crippen molar-refractivity contribution in [1.29, 1.82) is 0 Å². The molecule has 1 atom stereocenters. The van der Waals surface area contributed by atoms with Crippen LogP contribution >= 0.6 is 0 Å². The molecule has 0 spiro atoms. The normalized spacial score (nSPS) is 23.5. The molecule has 2 fully saturated rings. The lowest BCUT2D eigenvalue weighted by molar-refractivity contribution is 0.134. The molecule has 1 saturated carbocycles. The lowest BCUT2D eigenvalue weighted by Crippen LogP contribution is -2.35. The fraction of sp³-hybridized carbons (Fsp3) is 0.765. The molecule has 1 aliphatic carbocycles. The summed E-state index contributed by atoms with van der Waals surface area (Å²) >= 11 is 0. The second-order valence-electron chi connectivity index (χ2n) is 7.48. The van der Waals surface area contributed by atoms with Crippen LogP contribution in [-0.4, -0.2) is 42.9 Å². The maximum Gasteiger partial charge on any atom is 0.243 e. The van der Waals surface area contributed by atoms with Crippen LogP contribution in [0.1, 0.15) is 80.3 Å². The van der Waals surface area contributed by atoms with Gasteiger partial charge in [-0.3, -0.25) is 4.90 Å². The van der Waals surface area contributed by atoms with E-state index in [1.165, 1.54) is 30.9 Å². The van der Waals surface area contributed by atoms with Gasteiger partial charge in [0.05, 0.1) is 6.04 Å². The fourth-order valence-electron chi connectivity index (χ4n) is 4.10. The van der Waals surface area contributed by atoms with E-state index in [1.807, 2.05) is 0 Å². The van der Waals surface area contributed by atoms with Gasteiger partial charge in [0.2, 0.25) is 5.89 Å². The minimum atomic E-state index is 0.204. The Morgan fingerprint density at radius 3 is 2.67 bits per heavy atom. The van der Waals surface area contributed by atoms with Gasteiger partial charge in [-0.05, 0) is 52.1 Å². The van der Waals surface area contributed by atoms with Crippen LogP contribution in [0.3, 0.4) is 0 Å². The molecular weight excluding hydrogens is 304 g/mol. The van der Waals surface area contributed by atoms with Crippen LogP contribution in [-0.2, 0) is 13.0 Å². The summed E-state index contributed by atoms with van der Waals surface area (Å²) in [5.74, 6) is 5.17. The Kier molecular flexibility index (Phi) is 3.43. The van der Waals surface area contributed by atoms with Crippen LogP contribution in [0.4, 0.5) is 0 Å². The van der Waals surface area contributed by atoms with Gasteiger partial charge in [-0.2, -0.15) is 4.98 Å². The maximum absolute atomic E-state index is 5.51. The van der Waals surface area contributed by atoms with E-state index in [4.69, 9.17) is 4.52 Å². The molecular formula is C17H24N6O. The molecule has 0 bridgehead atoms. The molecule has 0 amide bonds. The summed E-state index contributed by atoms with van der Waals surface area (Å²) in [5, 5.41) is 13.0. The molecule has 3 aliphatic rings. The molecule has 7 heteroatoms. The number of aryl methyl sites for hydroxylation is 1. The summed E-state index contributed by atoms with van der Waals surface area (Å²) in [4.78, 5) is 7.08. The highest BCUT2D eigenvalue weighted by Crippen LogP contribution is 2.39. The molecule has 1 saturated heterocycles. The first-order chi connectivity index (χ1) is 11.8. The number of fused-ring (bicyclic) bond motifs is 1. The summed E-state index contributed by atoms with van der Waals surface area (Å²) < 4.78 is 7.86. The van der Waals surface area contributed by atoms with Crippen molar-refractivity contribution in [2.24, 2.45) is 0 Å². The summed E-state index contributed by atoms with van der Waals surface area (Å²) in [6.45, 7) is 5.38. The second kappa shape index (κ2) is 5.65. The van der Waals surface area contributed by atoms with E-state index in [1.54, 1.807) is 0 Å². The molecule has 24 heavy (non-hydrogen) atoms. The van der Waals surface area contributed by atoms with Crippen molar-refractivity contribution in [2.45, 2.75) is 69.9 Å². The molecule has 7 nitrogen and oxygen atoms in total. The molecule has 2 aromatic rings. The van der Waals surface area contributed by atoms with Gasteiger partial charge in [-0.25, -0.2) is 0 Å². The smallest absolute Gasteiger partial charge is 0.243 e. The van der Waals surface area contributed by atoms with Crippen LogP contribution in [0, 0.1) is 0 Å². The zero-order valence-electron chi connectivity index (χ0n) is 14.2. The van der Waals surface area contributed by atoms with Crippen molar-refractivity contribution in [3.63, 3.8) is 0 Å². The van der Waals surface area contributed by atoms with E-state index in [9.17, 15) is 0 Å². The second-order valence-corrected chi connectivity index (χ2v) is 7.48. The minimum Gasteiger partial charge on any atom is -0.338 e. The zero-order chi connectivity index (χ0) is 16.1. The summed E-state index contributed by atoms with van der Waals surface area (Å²) in [6, 6.07) is 0.204. The monoisotopic (exact) mass is 328 g/mol. The van der Waals surface area contributed by atoms with Crippen LogP contribution in [0.15, 0.2) is 4.52 Å². The highest BCUT2D eigenvalue weighted by Gasteiger charge is 2.33. The third-order valence-electron chi connectivity index (χ3n) is 5.84. The SMILES string of the molecule is CC(c1nc(C2CC2)no1)N1CCC(c2nnc3n2CCC3)CC1. The van der Waals surface area contributed by atoms with Crippen molar-refractivity contribution < 1.29 is 4.52 Å². The zero-order valence-corrected chi connectivity index (χ0v) is 14.2. The summed E-state index contributed by atoms with van der Waals surface area (Å²) in [5.41, 5.74) is 0. The first-order valence-corrected chi connectivity index (χ1v) is 9.29. The summed E-state index contributed by atoms with van der Waals surface area (Å²) in [7, 11) is 0. The van der Waals surface area contributed by atoms with E-state index in [0.29, 0.717) is 11.8 Å². The number of piperidine rings is 1. The predicted octanol–water partition coefficient (Wildman–Crippen LogP) is 2.43. The first-order valence-electron chi connectivity index (χ1n) is 9.29. The van der Waals surface area contributed by atoms with E-state index in [-0.39, 0.29) is 6.04 Å². The van der Waals surface area contributed by atoms with Gasteiger partial charge in [0, 0.05) is 24.8 Å². The van der Waals surface area contributed by atoms with E-state index >= 15 is 0 Å². The average Bonchev–Trinajstić information content (AvgIpc) is 3.02. The standard InChI is InChI=1S/C17H24N6O/c1-11(17-18-15(21-24-17)12-4-5-12)22-9-6-13(7-10-22)16-20-19-14-3-2-8-23(14)16/h11-13H,2-10H2,1H3. The molecule has 128 valence electrons. The number of likely N-dealkylation sites (tertiary alicyclic amines) is 1. The van der Waals surface area contributed by atoms with Gasteiger partial charge in [0.25, 0.3) is 0 Å². The molecule has 4 heterocycles. The highest BCUT2D eigenvalue weighted by molar-refractivity contribution is 5.08. The van der Waals surface area contributed by atoms with Crippen LogP contribution < -0.4 is 0 Å². The Balaban J connectivity index is 1.24. The highest BCUT2D eigenvalue weighted by atomic mass is 16.5. The van der Waals surface area contributed by atoms with Crippen molar-refractivity contribution in [3.8, 4) is 0 Å². The Hall–Kier alpha value is -1.76. The number of rotatable bonds is 4. The van der Waals surface area contributed by atoms with Crippen molar-refractivity contribution in [3.05, 3.63) is 23.4 Å². The number of aromatic nitrogens is 5. The average molecular weight is 328 g/mol. The maximum atomic E-state index is 5.51. The molecule has 5 rings (SSSR count). The topological polar surface area (TPSA) is 72.9 Å². The van der Waals surface area contributed by atoms with Gasteiger partial charge in [0.15, 0.2) is 5.82 Å². The van der Waals surface area contributed by atoms with Crippen molar-refractivity contribution >= 4 is 0 Å². The van der Waals surface area contributed by atoms with Crippen molar-refractivity contribution in [1.82, 2.24) is 29.8 Å². The Labute approximate surface area is 141 Å². The van der Waals surface area contributed by atoms with Crippen LogP contribution in [0.5, 0.6) is 0 Å². The molecule has 0 N–H and O–H groups in total. The summed E-state index contributed by atoms with van der Waals surface area (Å²) in [6.07, 6.45) is 6.98. The van der Waals surface area contributed by atoms with Crippen LogP contribution in [0.2, 0.25) is 0 Å². The Morgan fingerprint density at radius 1 is 1.04 bits per heavy atom. The van der Waals surface area contributed by atoms with E-state index < -0.39 is 0 Å². The third kappa shape index (κ3) is 2.46. The van der Waals surface area contributed by atoms with Crippen molar-refractivity contribution in [2.75, 3.05) is 13.1 Å². The van der Waals surface area contributed by atoms with Gasteiger partial charge in [-0.1, -0.05) is 5.16 Å². The predicted molar refractivity (Wildman–Crippen MR) is 86.6 cm³/mol. The quantitative estimate of drug-likeness (QED) is 0.858. The molecule has 0 radical (unpaired) electrons. The van der Waals surface area contributed by atoms with Gasteiger partial charge < -0.3 is 9.09 Å². The molecule has 2 aliphatic heterocycles. The molecule has 2 aromatic heterocycles. The van der Waals surface area contributed by atoms with Gasteiger partial charge in [0.1, 0.15) is 11.6 Å². The van der Waals surface area contributed by atoms with E-state index in [0.717, 1.165) is 50.6 Å².